The van der Waals surface area contributed by atoms with E-state index < -0.39 is 5.60 Å². The Morgan fingerprint density at radius 3 is 2.91 bits per heavy atom. The number of nitrogens with zero attached hydrogens (tertiary/aromatic N) is 3. The van der Waals surface area contributed by atoms with E-state index in [1.165, 1.54) is 0 Å². The molecule has 3 heterocycles. The van der Waals surface area contributed by atoms with Crippen molar-refractivity contribution < 1.29 is 13.9 Å². The lowest BCUT2D eigenvalue weighted by molar-refractivity contribution is -0.0407. The largest absolute Gasteiger partial charge is 0.417 e. The molecule has 118 valence electrons. The van der Waals surface area contributed by atoms with Gasteiger partial charge in [0.05, 0.1) is 18.8 Å². The molecule has 1 aliphatic heterocycles. The summed E-state index contributed by atoms with van der Waals surface area (Å²) in [7, 11) is 1.63. The van der Waals surface area contributed by atoms with Crippen molar-refractivity contribution in [1.82, 2.24) is 15.2 Å². The second kappa shape index (κ2) is 6.02. The minimum Gasteiger partial charge on any atom is -0.417 e. The van der Waals surface area contributed by atoms with Gasteiger partial charge >= 0.3 is 0 Å². The van der Waals surface area contributed by atoms with Gasteiger partial charge in [0, 0.05) is 25.8 Å². The van der Waals surface area contributed by atoms with E-state index in [0.29, 0.717) is 31.4 Å². The van der Waals surface area contributed by atoms with Crippen molar-refractivity contribution in [3.8, 4) is 11.5 Å². The van der Waals surface area contributed by atoms with Crippen LogP contribution in [-0.2, 0) is 15.1 Å². The van der Waals surface area contributed by atoms with Gasteiger partial charge in [-0.15, -0.1) is 10.2 Å². The lowest BCUT2D eigenvalue weighted by Crippen LogP contribution is -2.29. The molecule has 0 amide bonds. The van der Waals surface area contributed by atoms with Gasteiger partial charge in [0.15, 0.2) is 5.60 Å². The van der Waals surface area contributed by atoms with Crippen LogP contribution in [0.1, 0.15) is 26.2 Å². The highest BCUT2D eigenvalue weighted by Crippen LogP contribution is 2.35. The van der Waals surface area contributed by atoms with Crippen LogP contribution in [0.2, 0.25) is 0 Å². The van der Waals surface area contributed by atoms with Gasteiger partial charge in [-0.2, -0.15) is 0 Å². The summed E-state index contributed by atoms with van der Waals surface area (Å²) >= 11 is 0. The predicted molar refractivity (Wildman–Crippen MR) is 80.4 cm³/mol. The van der Waals surface area contributed by atoms with Gasteiger partial charge in [-0.05, 0) is 26.0 Å². The summed E-state index contributed by atoms with van der Waals surface area (Å²) in [6.07, 6.45) is 2.43. The maximum Gasteiger partial charge on any atom is 0.251 e. The first-order valence-corrected chi connectivity index (χ1v) is 7.33. The van der Waals surface area contributed by atoms with Crippen LogP contribution in [0.4, 0.5) is 5.82 Å². The molecule has 1 atom stereocenters. The van der Waals surface area contributed by atoms with Crippen LogP contribution in [0.25, 0.3) is 11.5 Å². The number of methoxy groups -OCH3 is 1. The summed E-state index contributed by atoms with van der Waals surface area (Å²) in [5.74, 6) is 1.60. The second-order valence-corrected chi connectivity index (χ2v) is 5.61. The van der Waals surface area contributed by atoms with Crippen LogP contribution < -0.4 is 5.32 Å². The molecule has 0 spiro atoms. The normalized spacial score (nSPS) is 21.5. The molecule has 0 saturated carbocycles. The zero-order valence-electron chi connectivity index (χ0n) is 13.0. The van der Waals surface area contributed by atoms with Crippen molar-refractivity contribution in [3.63, 3.8) is 0 Å². The standard InChI is InChI=1S/C15H20N4O3/c1-10(2)17-12-11(5-4-7-16-12)13-18-19-14(22-13)15(20-3)6-8-21-9-15/h4-5,7,10H,6,8-9H2,1-3H3,(H,16,17). The number of hydrogen-bond acceptors (Lipinski definition) is 7. The predicted octanol–water partition coefficient (Wildman–Crippen LogP) is 2.21. The average molecular weight is 304 g/mol. The number of aromatic nitrogens is 3. The Hall–Kier alpha value is -1.99. The van der Waals surface area contributed by atoms with Gasteiger partial charge in [0.1, 0.15) is 5.82 Å². The average Bonchev–Trinajstić information content (AvgIpc) is 3.17. The molecule has 7 nitrogen and oxygen atoms in total. The second-order valence-electron chi connectivity index (χ2n) is 5.61. The van der Waals surface area contributed by atoms with Crippen molar-refractivity contribution in [2.45, 2.75) is 31.9 Å². The van der Waals surface area contributed by atoms with Gasteiger partial charge in [-0.1, -0.05) is 0 Å². The van der Waals surface area contributed by atoms with Crippen LogP contribution in [0.3, 0.4) is 0 Å². The van der Waals surface area contributed by atoms with E-state index in [-0.39, 0.29) is 6.04 Å². The van der Waals surface area contributed by atoms with Crippen LogP contribution in [0.15, 0.2) is 22.7 Å². The van der Waals surface area contributed by atoms with E-state index in [4.69, 9.17) is 13.9 Å². The molecule has 0 radical (unpaired) electrons. The Morgan fingerprint density at radius 2 is 2.23 bits per heavy atom. The molecule has 0 aromatic carbocycles. The van der Waals surface area contributed by atoms with E-state index in [0.717, 1.165) is 11.4 Å². The van der Waals surface area contributed by atoms with Gasteiger partial charge < -0.3 is 19.2 Å². The van der Waals surface area contributed by atoms with Crippen molar-refractivity contribution in [1.29, 1.82) is 0 Å². The number of anilines is 1. The summed E-state index contributed by atoms with van der Waals surface area (Å²) < 4.78 is 16.9. The molecule has 7 heteroatoms. The summed E-state index contributed by atoms with van der Waals surface area (Å²) in [5.41, 5.74) is 0.138. The number of pyridine rings is 1. The lowest BCUT2D eigenvalue weighted by Gasteiger charge is -2.20. The minimum atomic E-state index is -0.640. The molecule has 0 bridgehead atoms. The molecular weight excluding hydrogens is 284 g/mol. The summed E-state index contributed by atoms with van der Waals surface area (Å²) in [6.45, 7) is 5.15. The van der Waals surface area contributed by atoms with E-state index in [9.17, 15) is 0 Å². The zero-order valence-corrected chi connectivity index (χ0v) is 13.0. The highest BCUT2D eigenvalue weighted by atomic mass is 16.6. The highest BCUT2D eigenvalue weighted by Gasteiger charge is 2.42. The molecular formula is C15H20N4O3. The quantitative estimate of drug-likeness (QED) is 0.906. The van der Waals surface area contributed by atoms with Gasteiger partial charge in [-0.3, -0.25) is 0 Å². The number of ether oxygens (including phenoxy) is 2. The molecule has 2 aromatic heterocycles. The molecule has 2 aromatic rings. The fourth-order valence-corrected chi connectivity index (χ4v) is 2.45. The van der Waals surface area contributed by atoms with Crippen molar-refractivity contribution >= 4 is 5.82 Å². The number of hydrogen-bond donors (Lipinski definition) is 1. The third-order valence-corrected chi connectivity index (χ3v) is 3.65. The first-order valence-electron chi connectivity index (χ1n) is 7.33. The Bertz CT molecular complexity index is 635. The maximum atomic E-state index is 5.86. The maximum absolute atomic E-state index is 5.86. The molecule has 1 N–H and O–H groups in total. The molecule has 3 rings (SSSR count). The molecule has 1 saturated heterocycles. The summed E-state index contributed by atoms with van der Waals surface area (Å²) in [4.78, 5) is 4.34. The van der Waals surface area contributed by atoms with E-state index in [2.05, 4.69) is 20.5 Å². The lowest BCUT2D eigenvalue weighted by atomic mass is 10.0. The Kier molecular flexibility index (Phi) is 4.08. The Balaban J connectivity index is 1.94. The monoisotopic (exact) mass is 304 g/mol. The van der Waals surface area contributed by atoms with Crippen molar-refractivity contribution in [3.05, 3.63) is 24.2 Å². The minimum absolute atomic E-state index is 0.254. The Labute approximate surface area is 129 Å². The molecule has 0 aliphatic carbocycles. The fourth-order valence-electron chi connectivity index (χ4n) is 2.45. The van der Waals surface area contributed by atoms with E-state index in [1.807, 2.05) is 26.0 Å². The van der Waals surface area contributed by atoms with Crippen LogP contribution in [0.5, 0.6) is 0 Å². The van der Waals surface area contributed by atoms with Crippen LogP contribution in [0, 0.1) is 0 Å². The SMILES string of the molecule is COC1(c2nnc(-c3cccnc3NC(C)C)o2)CCOC1. The Morgan fingerprint density at radius 1 is 1.36 bits per heavy atom. The number of rotatable bonds is 5. The summed E-state index contributed by atoms with van der Waals surface area (Å²) in [6, 6.07) is 4.00. The van der Waals surface area contributed by atoms with Gasteiger partial charge in [0.25, 0.3) is 11.8 Å². The van der Waals surface area contributed by atoms with Gasteiger partial charge in [-0.25, -0.2) is 4.98 Å². The first kappa shape index (κ1) is 14.9. The van der Waals surface area contributed by atoms with E-state index in [1.54, 1.807) is 13.3 Å². The third-order valence-electron chi connectivity index (χ3n) is 3.65. The van der Waals surface area contributed by atoms with Crippen LogP contribution >= 0.6 is 0 Å². The third kappa shape index (κ3) is 2.69. The van der Waals surface area contributed by atoms with Crippen molar-refractivity contribution in [2.24, 2.45) is 0 Å². The highest BCUT2D eigenvalue weighted by molar-refractivity contribution is 5.68. The smallest absolute Gasteiger partial charge is 0.251 e. The summed E-state index contributed by atoms with van der Waals surface area (Å²) in [5, 5.41) is 11.6. The molecule has 22 heavy (non-hydrogen) atoms. The van der Waals surface area contributed by atoms with Crippen molar-refractivity contribution in [2.75, 3.05) is 25.6 Å². The molecule has 1 fully saturated rings. The number of nitrogens with one attached hydrogen (secondary N) is 1. The van der Waals surface area contributed by atoms with E-state index >= 15 is 0 Å². The van der Waals surface area contributed by atoms with Gasteiger partial charge in [0.2, 0.25) is 0 Å². The molecule has 1 aliphatic rings. The zero-order chi connectivity index (χ0) is 15.6. The molecule has 1 unspecified atom stereocenters. The van der Waals surface area contributed by atoms with Crippen LogP contribution in [-0.4, -0.2) is 41.5 Å². The fraction of sp³-hybridized carbons (Fsp3) is 0.533. The topological polar surface area (TPSA) is 82.3 Å². The first-order chi connectivity index (χ1) is 10.6.